The summed E-state index contributed by atoms with van der Waals surface area (Å²) in [5.41, 5.74) is 0. The van der Waals surface area contributed by atoms with E-state index in [1.165, 1.54) is 0 Å². The van der Waals surface area contributed by atoms with Gasteiger partial charge in [-0.3, -0.25) is 0 Å². The van der Waals surface area contributed by atoms with Gasteiger partial charge in [-0.1, -0.05) is 11.6 Å². The molecule has 0 fully saturated rings. The third-order valence-electron chi connectivity index (χ3n) is 1.49. The summed E-state index contributed by atoms with van der Waals surface area (Å²) in [5.74, 6) is 0. The maximum absolute atomic E-state index is 11.0. The van der Waals surface area contributed by atoms with Crippen LogP contribution in [0.25, 0.3) is 0 Å². The van der Waals surface area contributed by atoms with E-state index in [9.17, 15) is 16.8 Å². The standard InChI is InChI=1S/C6H5Cl2NO4S2/c7-5-2-1-4(15(9,12)13)3-6(5)14(8,10)11/h1-3H,(H2,9,12,13). The Hall–Kier alpha value is -0.340. The first-order valence-corrected chi connectivity index (χ1v) is 7.63. The van der Waals surface area contributed by atoms with Gasteiger partial charge in [-0.25, -0.2) is 22.0 Å². The molecule has 1 rings (SSSR count). The van der Waals surface area contributed by atoms with Crippen molar-refractivity contribution in [1.29, 1.82) is 0 Å². The molecule has 0 atom stereocenters. The maximum Gasteiger partial charge on any atom is 0.262 e. The van der Waals surface area contributed by atoms with E-state index in [4.69, 9.17) is 27.4 Å². The lowest BCUT2D eigenvalue weighted by atomic mass is 10.4. The van der Waals surface area contributed by atoms with E-state index < -0.39 is 24.0 Å². The summed E-state index contributed by atoms with van der Waals surface area (Å²) in [6.07, 6.45) is 0. The predicted molar refractivity (Wildman–Crippen MR) is 55.9 cm³/mol. The second kappa shape index (κ2) is 3.91. The van der Waals surface area contributed by atoms with Crippen LogP contribution in [0.15, 0.2) is 28.0 Å². The van der Waals surface area contributed by atoms with Crippen molar-refractivity contribution in [3.05, 3.63) is 23.2 Å². The zero-order valence-corrected chi connectivity index (χ0v) is 10.2. The third kappa shape index (κ3) is 3.05. The fourth-order valence-corrected chi connectivity index (χ4v) is 2.95. The topological polar surface area (TPSA) is 94.3 Å². The molecule has 0 aliphatic rings. The second-order valence-electron chi connectivity index (χ2n) is 2.58. The first-order chi connectivity index (χ1) is 6.62. The van der Waals surface area contributed by atoms with Crippen molar-refractivity contribution in [1.82, 2.24) is 0 Å². The van der Waals surface area contributed by atoms with Gasteiger partial charge in [0.1, 0.15) is 4.90 Å². The summed E-state index contributed by atoms with van der Waals surface area (Å²) >= 11 is 5.53. The Morgan fingerprint density at radius 1 is 1.13 bits per heavy atom. The monoisotopic (exact) mass is 289 g/mol. The van der Waals surface area contributed by atoms with Gasteiger partial charge in [0.2, 0.25) is 10.0 Å². The van der Waals surface area contributed by atoms with Gasteiger partial charge in [0.05, 0.1) is 9.92 Å². The minimum Gasteiger partial charge on any atom is -0.225 e. The fraction of sp³-hybridized carbons (Fsp3) is 0. The molecule has 9 heteroatoms. The molecular weight excluding hydrogens is 285 g/mol. The minimum absolute atomic E-state index is 0.169. The zero-order chi connectivity index (χ0) is 11.9. The molecular formula is C6H5Cl2NO4S2. The lowest BCUT2D eigenvalue weighted by Gasteiger charge is -2.02. The third-order valence-corrected chi connectivity index (χ3v) is 4.21. The first kappa shape index (κ1) is 12.7. The molecule has 0 aliphatic heterocycles. The lowest BCUT2D eigenvalue weighted by Crippen LogP contribution is -2.12. The minimum atomic E-state index is -4.10. The van der Waals surface area contributed by atoms with Crippen LogP contribution in [-0.4, -0.2) is 16.8 Å². The quantitative estimate of drug-likeness (QED) is 0.819. The largest absolute Gasteiger partial charge is 0.262 e. The van der Waals surface area contributed by atoms with E-state index >= 15 is 0 Å². The molecule has 5 nitrogen and oxygen atoms in total. The first-order valence-electron chi connectivity index (χ1n) is 3.39. The van der Waals surface area contributed by atoms with Gasteiger partial charge in [-0.05, 0) is 18.2 Å². The van der Waals surface area contributed by atoms with E-state index in [-0.39, 0.29) is 9.92 Å². The van der Waals surface area contributed by atoms with Crippen molar-refractivity contribution in [3.8, 4) is 0 Å². The molecule has 0 aliphatic carbocycles. The van der Waals surface area contributed by atoms with Crippen LogP contribution >= 0.6 is 22.3 Å². The van der Waals surface area contributed by atoms with Crippen molar-refractivity contribution in [2.24, 2.45) is 5.14 Å². The SMILES string of the molecule is NS(=O)(=O)c1ccc(Cl)c(S(=O)(=O)Cl)c1. The van der Waals surface area contributed by atoms with E-state index in [0.29, 0.717) is 0 Å². The molecule has 0 unspecified atom stereocenters. The molecule has 0 bridgehead atoms. The molecule has 84 valence electrons. The number of halogens is 2. The molecule has 0 heterocycles. The van der Waals surface area contributed by atoms with Crippen LogP contribution in [0.4, 0.5) is 0 Å². The van der Waals surface area contributed by atoms with Crippen molar-refractivity contribution in [2.75, 3.05) is 0 Å². The summed E-state index contributed by atoms with van der Waals surface area (Å²) in [5, 5.41) is 4.64. The van der Waals surface area contributed by atoms with Crippen LogP contribution in [0.5, 0.6) is 0 Å². The van der Waals surface area contributed by atoms with E-state index in [1.54, 1.807) is 0 Å². The predicted octanol–water partition coefficient (Wildman–Crippen LogP) is 0.915. The molecule has 0 saturated carbocycles. The average Bonchev–Trinajstić information content (AvgIpc) is 2.00. The Balaban J connectivity index is 3.57. The number of hydrogen-bond donors (Lipinski definition) is 1. The van der Waals surface area contributed by atoms with Crippen LogP contribution in [-0.2, 0) is 19.1 Å². The molecule has 1 aromatic rings. The van der Waals surface area contributed by atoms with Crippen molar-refractivity contribution in [2.45, 2.75) is 9.79 Å². The normalized spacial score (nSPS) is 12.7. The highest BCUT2D eigenvalue weighted by Crippen LogP contribution is 2.26. The van der Waals surface area contributed by atoms with E-state index in [0.717, 1.165) is 18.2 Å². The number of nitrogens with two attached hydrogens (primary N) is 1. The highest BCUT2D eigenvalue weighted by Gasteiger charge is 2.18. The Kier molecular flexibility index (Phi) is 3.32. The van der Waals surface area contributed by atoms with Gasteiger partial charge in [0.25, 0.3) is 9.05 Å². The summed E-state index contributed by atoms with van der Waals surface area (Å²) in [6.45, 7) is 0. The number of sulfonamides is 1. The van der Waals surface area contributed by atoms with Crippen molar-refractivity contribution < 1.29 is 16.8 Å². The van der Waals surface area contributed by atoms with Crippen LogP contribution in [0.3, 0.4) is 0 Å². The van der Waals surface area contributed by atoms with Crippen LogP contribution in [0.2, 0.25) is 5.02 Å². The molecule has 0 amide bonds. The molecule has 0 spiro atoms. The maximum atomic E-state index is 11.0. The second-order valence-corrected chi connectivity index (χ2v) is 7.08. The Labute approximate surface area is 96.3 Å². The van der Waals surface area contributed by atoms with Crippen molar-refractivity contribution >= 4 is 41.4 Å². The Bertz CT molecular complexity index is 594. The molecule has 2 N–H and O–H groups in total. The molecule has 0 aromatic heterocycles. The van der Waals surface area contributed by atoms with Gasteiger partial charge in [0.15, 0.2) is 0 Å². The highest BCUT2D eigenvalue weighted by atomic mass is 35.7. The molecule has 15 heavy (non-hydrogen) atoms. The lowest BCUT2D eigenvalue weighted by molar-refractivity contribution is 0.597. The molecule has 0 saturated heterocycles. The number of benzene rings is 1. The smallest absolute Gasteiger partial charge is 0.225 e. The Morgan fingerprint density at radius 3 is 2.07 bits per heavy atom. The summed E-state index contributed by atoms with van der Waals surface area (Å²) in [6, 6.07) is 2.99. The van der Waals surface area contributed by atoms with Gasteiger partial charge in [-0.15, -0.1) is 0 Å². The van der Waals surface area contributed by atoms with Crippen LogP contribution in [0, 0.1) is 0 Å². The number of rotatable bonds is 2. The van der Waals surface area contributed by atoms with Gasteiger partial charge in [-0.2, -0.15) is 0 Å². The fourth-order valence-electron chi connectivity index (χ4n) is 0.848. The zero-order valence-electron chi connectivity index (χ0n) is 7.01. The van der Waals surface area contributed by atoms with E-state index in [2.05, 4.69) is 0 Å². The van der Waals surface area contributed by atoms with Gasteiger partial charge < -0.3 is 0 Å². The molecule has 1 aromatic carbocycles. The summed E-state index contributed by atoms with van der Waals surface area (Å²) in [7, 11) is -3.04. The number of primary sulfonamides is 1. The van der Waals surface area contributed by atoms with E-state index in [1.807, 2.05) is 0 Å². The van der Waals surface area contributed by atoms with Crippen LogP contribution < -0.4 is 5.14 Å². The van der Waals surface area contributed by atoms with Gasteiger partial charge in [0, 0.05) is 10.7 Å². The Morgan fingerprint density at radius 2 is 1.67 bits per heavy atom. The summed E-state index contributed by atoms with van der Waals surface area (Å²) < 4.78 is 43.8. The van der Waals surface area contributed by atoms with Gasteiger partial charge >= 0.3 is 0 Å². The highest BCUT2D eigenvalue weighted by molar-refractivity contribution is 8.13. The summed E-state index contributed by atoms with van der Waals surface area (Å²) in [4.78, 5) is -0.858. The van der Waals surface area contributed by atoms with Crippen LogP contribution in [0.1, 0.15) is 0 Å². The van der Waals surface area contributed by atoms with Crippen molar-refractivity contribution in [3.63, 3.8) is 0 Å². The molecule has 0 radical (unpaired) electrons. The average molecular weight is 290 g/mol. The number of hydrogen-bond acceptors (Lipinski definition) is 4.